The first kappa shape index (κ1) is 16.9. The first-order valence-electron chi connectivity index (χ1n) is 8.05. The van der Waals surface area contributed by atoms with Crippen LogP contribution < -0.4 is 5.56 Å². The molecule has 0 unspecified atom stereocenters. The number of rotatable bonds is 4. The molecule has 0 fully saturated rings. The molecule has 0 aliphatic carbocycles. The molecule has 0 atom stereocenters. The van der Waals surface area contributed by atoms with Crippen LogP contribution in [0.3, 0.4) is 0 Å². The molecular formula is C19H15ClN4OS. The highest BCUT2D eigenvalue weighted by Gasteiger charge is 2.18. The molecule has 2 heterocycles. The standard InChI is InChI=1S/C19H15ClN4OS/c1-13-7-2-4-9-15(13)23-17(25)14-8-3-5-10-16(14)24-18(23)21-22-19(24)26-12-6-11-20/h2-11H,12H2,1H3/b11-6+. The van der Waals surface area contributed by atoms with Crippen molar-refractivity contribution >= 4 is 40.0 Å². The second-order valence-electron chi connectivity index (χ2n) is 5.73. The molecule has 5 nitrogen and oxygen atoms in total. The fourth-order valence-corrected chi connectivity index (χ4v) is 3.91. The first-order chi connectivity index (χ1) is 12.7. The maximum atomic E-state index is 13.2. The quantitative estimate of drug-likeness (QED) is 0.497. The van der Waals surface area contributed by atoms with Gasteiger partial charge >= 0.3 is 0 Å². The van der Waals surface area contributed by atoms with E-state index < -0.39 is 0 Å². The van der Waals surface area contributed by atoms with E-state index in [0.29, 0.717) is 22.1 Å². The monoisotopic (exact) mass is 382 g/mol. The van der Waals surface area contributed by atoms with Crippen LogP contribution in [0.1, 0.15) is 5.56 Å². The highest BCUT2D eigenvalue weighted by Crippen LogP contribution is 2.24. The molecule has 0 radical (unpaired) electrons. The Morgan fingerprint density at radius 3 is 2.69 bits per heavy atom. The van der Waals surface area contributed by atoms with E-state index >= 15 is 0 Å². The van der Waals surface area contributed by atoms with Gasteiger partial charge in [0.15, 0.2) is 5.16 Å². The van der Waals surface area contributed by atoms with E-state index in [-0.39, 0.29) is 5.56 Å². The lowest BCUT2D eigenvalue weighted by Crippen LogP contribution is -2.22. The first-order valence-corrected chi connectivity index (χ1v) is 9.47. The number of hydrogen-bond donors (Lipinski definition) is 0. The van der Waals surface area contributed by atoms with Crippen molar-refractivity contribution < 1.29 is 0 Å². The number of aryl methyl sites for hydroxylation is 1. The average molecular weight is 383 g/mol. The summed E-state index contributed by atoms with van der Waals surface area (Å²) in [4.78, 5) is 13.2. The summed E-state index contributed by atoms with van der Waals surface area (Å²) in [7, 11) is 0. The van der Waals surface area contributed by atoms with Crippen molar-refractivity contribution in [3.63, 3.8) is 0 Å². The topological polar surface area (TPSA) is 52.2 Å². The van der Waals surface area contributed by atoms with Crippen LogP contribution >= 0.6 is 23.4 Å². The number of aromatic nitrogens is 4. The zero-order valence-corrected chi connectivity index (χ0v) is 15.5. The van der Waals surface area contributed by atoms with E-state index in [1.807, 2.05) is 65.9 Å². The van der Waals surface area contributed by atoms with Crippen molar-refractivity contribution in [1.29, 1.82) is 0 Å². The summed E-state index contributed by atoms with van der Waals surface area (Å²) in [6.07, 6.45) is 1.84. The molecule has 0 bridgehead atoms. The van der Waals surface area contributed by atoms with Gasteiger partial charge in [0.2, 0.25) is 5.78 Å². The molecule has 4 rings (SSSR count). The highest BCUT2D eigenvalue weighted by atomic mass is 35.5. The summed E-state index contributed by atoms with van der Waals surface area (Å²) >= 11 is 7.13. The van der Waals surface area contributed by atoms with Gasteiger partial charge in [-0.25, -0.2) is 4.57 Å². The van der Waals surface area contributed by atoms with E-state index in [0.717, 1.165) is 16.8 Å². The van der Waals surface area contributed by atoms with E-state index in [9.17, 15) is 4.79 Å². The largest absolute Gasteiger partial charge is 0.268 e. The third kappa shape index (κ3) is 2.71. The van der Waals surface area contributed by atoms with Crippen LogP contribution in [0, 0.1) is 6.92 Å². The van der Waals surface area contributed by atoms with Gasteiger partial charge in [-0.2, -0.15) is 0 Å². The van der Waals surface area contributed by atoms with Gasteiger partial charge in [-0.3, -0.25) is 9.20 Å². The SMILES string of the molecule is Cc1ccccc1-n1c(=O)c2ccccc2n2c(SC/C=C/Cl)nnc12. The van der Waals surface area contributed by atoms with Crippen molar-refractivity contribution in [1.82, 2.24) is 19.2 Å². The number of para-hydroxylation sites is 2. The van der Waals surface area contributed by atoms with Crippen LogP contribution in [0.4, 0.5) is 0 Å². The Morgan fingerprint density at radius 1 is 1.12 bits per heavy atom. The zero-order chi connectivity index (χ0) is 18.1. The zero-order valence-electron chi connectivity index (χ0n) is 14.0. The Labute approximate surface area is 158 Å². The minimum Gasteiger partial charge on any atom is -0.268 e. The summed E-state index contributed by atoms with van der Waals surface area (Å²) in [6, 6.07) is 15.3. The van der Waals surface area contributed by atoms with Gasteiger partial charge in [-0.15, -0.1) is 10.2 Å². The van der Waals surface area contributed by atoms with Gasteiger partial charge in [-0.1, -0.05) is 59.8 Å². The van der Waals surface area contributed by atoms with Crippen LogP contribution in [0.25, 0.3) is 22.4 Å². The number of benzene rings is 2. The van der Waals surface area contributed by atoms with Gasteiger partial charge in [0.05, 0.1) is 16.6 Å². The minimum absolute atomic E-state index is 0.105. The average Bonchev–Trinajstić information content (AvgIpc) is 3.07. The van der Waals surface area contributed by atoms with Crippen molar-refractivity contribution in [2.24, 2.45) is 0 Å². The Hall–Kier alpha value is -2.57. The van der Waals surface area contributed by atoms with Gasteiger partial charge in [0.1, 0.15) is 0 Å². The predicted octanol–water partition coefficient (Wildman–Crippen LogP) is 4.19. The summed E-state index contributed by atoms with van der Waals surface area (Å²) < 4.78 is 3.56. The highest BCUT2D eigenvalue weighted by molar-refractivity contribution is 7.99. The van der Waals surface area contributed by atoms with Crippen LogP contribution in [-0.2, 0) is 0 Å². The van der Waals surface area contributed by atoms with Crippen molar-refractivity contribution in [3.8, 4) is 5.69 Å². The Bertz CT molecular complexity index is 1200. The second-order valence-corrected chi connectivity index (χ2v) is 6.97. The summed E-state index contributed by atoms with van der Waals surface area (Å²) in [5.41, 5.74) is 3.97. The van der Waals surface area contributed by atoms with Crippen molar-refractivity contribution in [2.75, 3.05) is 5.75 Å². The molecule has 2 aromatic heterocycles. The molecule has 130 valence electrons. The second kappa shape index (κ2) is 6.97. The third-order valence-electron chi connectivity index (χ3n) is 4.15. The van der Waals surface area contributed by atoms with Gasteiger partial charge < -0.3 is 0 Å². The summed E-state index contributed by atoms with van der Waals surface area (Å²) in [6.45, 7) is 1.98. The number of thioether (sulfide) groups is 1. The minimum atomic E-state index is -0.105. The number of hydrogen-bond acceptors (Lipinski definition) is 4. The molecule has 0 N–H and O–H groups in total. The Morgan fingerprint density at radius 2 is 1.88 bits per heavy atom. The molecule has 7 heteroatoms. The Kier molecular flexibility index (Phi) is 4.53. The van der Waals surface area contributed by atoms with Crippen LogP contribution in [-0.4, -0.2) is 24.9 Å². The lowest BCUT2D eigenvalue weighted by atomic mass is 10.2. The van der Waals surface area contributed by atoms with E-state index in [4.69, 9.17) is 11.6 Å². The fraction of sp³-hybridized carbons (Fsp3) is 0.105. The molecule has 0 aliphatic rings. The maximum Gasteiger partial charge on any atom is 0.267 e. The van der Waals surface area contributed by atoms with Crippen LogP contribution in [0.2, 0.25) is 0 Å². The molecule has 0 spiro atoms. The van der Waals surface area contributed by atoms with Crippen molar-refractivity contribution in [2.45, 2.75) is 12.1 Å². The molecule has 0 saturated carbocycles. The third-order valence-corrected chi connectivity index (χ3v) is 5.21. The van der Waals surface area contributed by atoms with E-state index in [1.54, 1.807) is 4.57 Å². The maximum absolute atomic E-state index is 13.2. The summed E-state index contributed by atoms with van der Waals surface area (Å²) in [5, 5.41) is 9.98. The van der Waals surface area contributed by atoms with Crippen molar-refractivity contribution in [3.05, 3.63) is 76.1 Å². The number of fused-ring (bicyclic) bond motifs is 3. The van der Waals surface area contributed by atoms with Crippen LogP contribution in [0.15, 0.2) is 70.1 Å². The summed E-state index contributed by atoms with van der Waals surface area (Å²) in [5.74, 6) is 1.17. The molecular weight excluding hydrogens is 368 g/mol. The van der Waals surface area contributed by atoms with E-state index in [1.165, 1.54) is 17.3 Å². The van der Waals surface area contributed by atoms with Gasteiger partial charge in [-0.05, 0) is 30.7 Å². The molecule has 2 aromatic carbocycles. The lowest BCUT2D eigenvalue weighted by molar-refractivity contribution is 0.930. The molecule has 0 saturated heterocycles. The fourth-order valence-electron chi connectivity index (χ4n) is 2.96. The molecule has 0 amide bonds. The normalized spacial score (nSPS) is 11.8. The Balaban J connectivity index is 2.10. The molecule has 0 aliphatic heterocycles. The van der Waals surface area contributed by atoms with Gasteiger partial charge in [0.25, 0.3) is 5.56 Å². The molecule has 26 heavy (non-hydrogen) atoms. The lowest BCUT2D eigenvalue weighted by Gasteiger charge is -2.13. The number of nitrogens with zero attached hydrogens (tertiary/aromatic N) is 4. The number of halogens is 1. The van der Waals surface area contributed by atoms with E-state index in [2.05, 4.69) is 10.2 Å². The van der Waals surface area contributed by atoms with Crippen LogP contribution in [0.5, 0.6) is 0 Å². The van der Waals surface area contributed by atoms with Gasteiger partial charge in [0, 0.05) is 11.3 Å². The molecule has 4 aromatic rings. The smallest absolute Gasteiger partial charge is 0.267 e. The predicted molar refractivity (Wildman–Crippen MR) is 107 cm³/mol.